The summed E-state index contributed by atoms with van der Waals surface area (Å²) in [6.45, 7) is 1.81. The number of para-hydroxylation sites is 1. The van der Waals surface area contributed by atoms with E-state index in [-0.39, 0.29) is 11.9 Å². The molecule has 0 spiro atoms. The van der Waals surface area contributed by atoms with Gasteiger partial charge in [-0.1, -0.05) is 24.3 Å². The normalized spacial score (nSPS) is 16.5. The molecular formula is C25H25FN2O3. The summed E-state index contributed by atoms with van der Waals surface area (Å²) >= 11 is 0. The fourth-order valence-electron chi connectivity index (χ4n) is 4.60. The molecule has 1 aliphatic rings. The van der Waals surface area contributed by atoms with Crippen molar-refractivity contribution in [1.29, 1.82) is 0 Å². The zero-order valence-corrected chi connectivity index (χ0v) is 17.7. The van der Waals surface area contributed by atoms with Gasteiger partial charge in [-0.3, -0.25) is 4.90 Å². The van der Waals surface area contributed by atoms with Crippen molar-refractivity contribution < 1.29 is 18.3 Å². The summed E-state index contributed by atoms with van der Waals surface area (Å²) in [4.78, 5) is 5.83. The molecule has 160 valence electrons. The van der Waals surface area contributed by atoms with Gasteiger partial charge in [-0.15, -0.1) is 0 Å². The van der Waals surface area contributed by atoms with Gasteiger partial charge < -0.3 is 18.9 Å². The van der Waals surface area contributed by atoms with Crippen molar-refractivity contribution in [3.8, 4) is 5.75 Å². The number of rotatable bonds is 6. The smallest absolute Gasteiger partial charge is 0.132 e. The van der Waals surface area contributed by atoms with Crippen LogP contribution in [-0.4, -0.2) is 30.6 Å². The minimum atomic E-state index is -0.277. The van der Waals surface area contributed by atoms with E-state index in [2.05, 4.69) is 22.0 Å². The fraction of sp³-hybridized carbons (Fsp3) is 0.280. The van der Waals surface area contributed by atoms with E-state index in [9.17, 15) is 0 Å². The first-order valence-electron chi connectivity index (χ1n) is 10.4. The third-order valence-corrected chi connectivity index (χ3v) is 6.00. The number of ether oxygens (including phenoxy) is 2. The average Bonchev–Trinajstić information content (AvgIpc) is 3.38. The molecule has 31 heavy (non-hydrogen) atoms. The Labute approximate surface area is 180 Å². The highest BCUT2D eigenvalue weighted by atomic mass is 19.1. The van der Waals surface area contributed by atoms with Gasteiger partial charge in [-0.05, 0) is 36.2 Å². The number of benzene rings is 2. The van der Waals surface area contributed by atoms with Crippen molar-refractivity contribution in [2.45, 2.75) is 25.6 Å². The quantitative estimate of drug-likeness (QED) is 0.466. The first-order valence-corrected chi connectivity index (χ1v) is 10.4. The Balaban J connectivity index is 1.58. The molecule has 1 unspecified atom stereocenters. The van der Waals surface area contributed by atoms with Gasteiger partial charge in [0.25, 0.3) is 0 Å². The van der Waals surface area contributed by atoms with Crippen LogP contribution in [0.1, 0.15) is 34.4 Å². The number of nitrogens with one attached hydrogen (secondary N) is 1. The van der Waals surface area contributed by atoms with Crippen LogP contribution in [0, 0.1) is 5.82 Å². The van der Waals surface area contributed by atoms with Crippen molar-refractivity contribution in [2.75, 3.05) is 20.8 Å². The zero-order chi connectivity index (χ0) is 21.4. The number of methoxy groups -OCH3 is 2. The molecule has 0 saturated heterocycles. The van der Waals surface area contributed by atoms with Crippen LogP contribution in [0.3, 0.4) is 0 Å². The summed E-state index contributed by atoms with van der Waals surface area (Å²) in [6, 6.07) is 17.0. The summed E-state index contributed by atoms with van der Waals surface area (Å²) in [5.41, 5.74) is 4.00. The molecule has 0 aliphatic carbocycles. The Hall–Kier alpha value is -3.09. The Morgan fingerprint density at radius 3 is 2.74 bits per heavy atom. The lowest BCUT2D eigenvalue weighted by Crippen LogP contribution is -2.36. The average molecular weight is 420 g/mol. The van der Waals surface area contributed by atoms with Gasteiger partial charge in [0.15, 0.2) is 0 Å². The highest BCUT2D eigenvalue weighted by Crippen LogP contribution is 2.40. The molecule has 0 saturated carbocycles. The molecule has 1 atom stereocenters. The Bertz CT molecular complexity index is 1210. The number of hydrogen-bond donors (Lipinski definition) is 1. The standard InChI is InChI=1S/C25H25FN2O3/c1-29-15-18-8-7-17(31-18)14-28-12-11-20-19-5-3-4-6-23(19)27-24(20)25(28)21-10-9-16(30-2)13-22(21)26/h3-10,13,25,27H,11-12,14-15H2,1-2H3. The summed E-state index contributed by atoms with van der Waals surface area (Å²) in [6.07, 6.45) is 0.888. The van der Waals surface area contributed by atoms with Crippen LogP contribution in [0.15, 0.2) is 59.0 Å². The number of halogens is 1. The molecule has 5 rings (SSSR count). The van der Waals surface area contributed by atoms with Gasteiger partial charge in [-0.25, -0.2) is 4.39 Å². The lowest BCUT2D eigenvalue weighted by Gasteiger charge is -2.35. The molecular weight excluding hydrogens is 395 g/mol. The number of nitrogens with zero attached hydrogens (tertiary/aromatic N) is 1. The second-order valence-corrected chi connectivity index (χ2v) is 7.87. The Morgan fingerprint density at radius 1 is 1.10 bits per heavy atom. The second-order valence-electron chi connectivity index (χ2n) is 7.87. The molecule has 0 amide bonds. The summed E-state index contributed by atoms with van der Waals surface area (Å²) < 4.78 is 31.5. The summed E-state index contributed by atoms with van der Waals surface area (Å²) in [5.74, 6) is 1.86. The van der Waals surface area contributed by atoms with Crippen LogP contribution < -0.4 is 4.74 Å². The van der Waals surface area contributed by atoms with Crippen molar-refractivity contribution in [2.24, 2.45) is 0 Å². The molecule has 1 aliphatic heterocycles. The molecule has 6 heteroatoms. The van der Waals surface area contributed by atoms with Crippen molar-refractivity contribution >= 4 is 10.9 Å². The number of hydrogen-bond acceptors (Lipinski definition) is 4. The maximum absolute atomic E-state index is 15.2. The molecule has 1 N–H and O–H groups in total. The highest BCUT2D eigenvalue weighted by molar-refractivity contribution is 5.85. The van der Waals surface area contributed by atoms with Crippen LogP contribution in [0.5, 0.6) is 5.75 Å². The first-order chi connectivity index (χ1) is 15.2. The molecule has 5 nitrogen and oxygen atoms in total. The lowest BCUT2D eigenvalue weighted by atomic mass is 9.92. The SMILES string of the molecule is COCc1ccc(CN2CCc3c([nH]c4ccccc34)C2c2ccc(OC)cc2F)o1. The molecule has 0 fully saturated rings. The van der Waals surface area contributed by atoms with Crippen LogP contribution in [0.25, 0.3) is 10.9 Å². The second kappa shape index (κ2) is 8.21. The predicted octanol–water partition coefficient (Wildman–Crippen LogP) is 5.20. The van der Waals surface area contributed by atoms with E-state index in [4.69, 9.17) is 13.9 Å². The number of aromatic amines is 1. The number of fused-ring (bicyclic) bond motifs is 3. The fourth-order valence-corrected chi connectivity index (χ4v) is 4.60. The van der Waals surface area contributed by atoms with Gasteiger partial charge in [0.05, 0.1) is 19.7 Å². The van der Waals surface area contributed by atoms with Crippen LogP contribution >= 0.6 is 0 Å². The largest absolute Gasteiger partial charge is 0.497 e. The monoisotopic (exact) mass is 420 g/mol. The first kappa shape index (κ1) is 19.8. The van der Waals surface area contributed by atoms with E-state index >= 15 is 4.39 Å². The van der Waals surface area contributed by atoms with Crippen LogP contribution in [0.2, 0.25) is 0 Å². The molecule has 3 heterocycles. The van der Waals surface area contributed by atoms with Gasteiger partial charge in [0, 0.05) is 41.9 Å². The maximum Gasteiger partial charge on any atom is 0.132 e. The van der Waals surface area contributed by atoms with E-state index in [1.807, 2.05) is 36.4 Å². The summed E-state index contributed by atoms with van der Waals surface area (Å²) in [5, 5.41) is 1.21. The Morgan fingerprint density at radius 2 is 1.94 bits per heavy atom. The minimum Gasteiger partial charge on any atom is -0.497 e. The summed E-state index contributed by atoms with van der Waals surface area (Å²) in [7, 11) is 3.19. The molecule has 0 radical (unpaired) electrons. The number of furan rings is 1. The topological polar surface area (TPSA) is 50.6 Å². The van der Waals surface area contributed by atoms with Gasteiger partial charge in [-0.2, -0.15) is 0 Å². The van der Waals surface area contributed by atoms with Crippen LogP contribution in [-0.2, 0) is 24.3 Å². The maximum atomic E-state index is 15.2. The third-order valence-electron chi connectivity index (χ3n) is 6.00. The van der Waals surface area contributed by atoms with Crippen molar-refractivity contribution in [3.63, 3.8) is 0 Å². The Kier molecular flexibility index (Phi) is 5.26. The molecule has 0 bridgehead atoms. The van der Waals surface area contributed by atoms with Crippen molar-refractivity contribution in [1.82, 2.24) is 9.88 Å². The predicted molar refractivity (Wildman–Crippen MR) is 117 cm³/mol. The van der Waals surface area contributed by atoms with E-state index in [0.717, 1.165) is 35.7 Å². The third kappa shape index (κ3) is 3.62. The van der Waals surface area contributed by atoms with Gasteiger partial charge >= 0.3 is 0 Å². The van der Waals surface area contributed by atoms with Crippen molar-refractivity contribution in [3.05, 3.63) is 88.8 Å². The van der Waals surface area contributed by atoms with Gasteiger partial charge in [0.2, 0.25) is 0 Å². The minimum absolute atomic E-state index is 0.252. The zero-order valence-electron chi connectivity index (χ0n) is 17.7. The highest BCUT2D eigenvalue weighted by Gasteiger charge is 2.33. The number of aromatic nitrogens is 1. The molecule has 4 aromatic rings. The van der Waals surface area contributed by atoms with Crippen LogP contribution in [0.4, 0.5) is 4.39 Å². The number of H-pyrrole nitrogens is 1. The van der Waals surface area contributed by atoms with Gasteiger partial charge in [0.1, 0.15) is 29.7 Å². The van der Waals surface area contributed by atoms with E-state index < -0.39 is 0 Å². The van der Waals surface area contributed by atoms with E-state index in [1.165, 1.54) is 17.0 Å². The molecule has 2 aromatic heterocycles. The van der Waals surface area contributed by atoms with E-state index in [1.54, 1.807) is 14.2 Å². The lowest BCUT2D eigenvalue weighted by molar-refractivity contribution is 0.152. The molecule has 2 aromatic carbocycles. The van der Waals surface area contributed by atoms with E-state index in [0.29, 0.717) is 24.5 Å².